The molecular weight excluding hydrogens is 266 g/mol. The van der Waals surface area contributed by atoms with Crippen LogP contribution >= 0.6 is 0 Å². The van der Waals surface area contributed by atoms with E-state index < -0.39 is 5.60 Å². The molecule has 1 aliphatic heterocycles. The van der Waals surface area contributed by atoms with E-state index in [2.05, 4.69) is 16.4 Å². The quantitative estimate of drug-likeness (QED) is 0.909. The van der Waals surface area contributed by atoms with Crippen molar-refractivity contribution in [2.24, 2.45) is 0 Å². The molecule has 1 amide bonds. The van der Waals surface area contributed by atoms with E-state index in [0.717, 1.165) is 31.7 Å². The molecule has 0 aliphatic carbocycles. The van der Waals surface area contributed by atoms with Gasteiger partial charge in [0.15, 0.2) is 0 Å². The molecule has 2 heterocycles. The number of nitrogens with zero attached hydrogens (tertiary/aromatic N) is 2. The lowest BCUT2D eigenvalue weighted by Crippen LogP contribution is -2.41. The standard InChI is InChI=1S/C16H25N3O2/c1-16(2,3)21-15(20)19-9-7-12(8-10-19)13-5-6-14(17-4)18-11-13/h5-6,11-12H,7-10H2,1-4H3,(H,17,18). The summed E-state index contributed by atoms with van der Waals surface area (Å²) in [6.45, 7) is 7.17. The summed E-state index contributed by atoms with van der Waals surface area (Å²) in [5.41, 5.74) is 0.818. The molecule has 5 nitrogen and oxygen atoms in total. The van der Waals surface area contributed by atoms with E-state index in [9.17, 15) is 4.79 Å². The van der Waals surface area contributed by atoms with Gasteiger partial charge >= 0.3 is 6.09 Å². The van der Waals surface area contributed by atoms with Crippen LogP contribution in [0, 0.1) is 0 Å². The fourth-order valence-corrected chi connectivity index (χ4v) is 2.52. The molecule has 2 rings (SSSR count). The summed E-state index contributed by atoms with van der Waals surface area (Å²) in [7, 11) is 1.86. The molecule has 0 atom stereocenters. The molecule has 0 spiro atoms. The molecule has 0 unspecified atom stereocenters. The molecule has 0 bridgehead atoms. The largest absolute Gasteiger partial charge is 0.444 e. The van der Waals surface area contributed by atoms with E-state index in [-0.39, 0.29) is 6.09 Å². The number of pyridine rings is 1. The second-order valence-corrected chi connectivity index (χ2v) is 6.47. The number of rotatable bonds is 2. The number of carbonyl (C=O) groups excluding carboxylic acids is 1. The minimum atomic E-state index is -0.430. The average molecular weight is 291 g/mol. The number of aromatic nitrogens is 1. The van der Waals surface area contributed by atoms with Gasteiger partial charge in [-0.05, 0) is 51.2 Å². The zero-order chi connectivity index (χ0) is 15.5. The first-order valence-electron chi connectivity index (χ1n) is 7.50. The smallest absolute Gasteiger partial charge is 0.410 e. The van der Waals surface area contributed by atoms with Crippen molar-refractivity contribution in [3.63, 3.8) is 0 Å². The van der Waals surface area contributed by atoms with Gasteiger partial charge in [0.2, 0.25) is 0 Å². The number of piperidine rings is 1. The number of hydrogen-bond donors (Lipinski definition) is 1. The van der Waals surface area contributed by atoms with Crippen LogP contribution in [0.4, 0.5) is 10.6 Å². The Morgan fingerprint density at radius 1 is 1.33 bits per heavy atom. The van der Waals surface area contributed by atoms with Gasteiger partial charge in [0.05, 0.1) is 0 Å². The number of ether oxygens (including phenoxy) is 1. The minimum Gasteiger partial charge on any atom is -0.444 e. The highest BCUT2D eigenvalue weighted by atomic mass is 16.6. The number of nitrogens with one attached hydrogen (secondary N) is 1. The number of anilines is 1. The molecule has 1 aliphatic rings. The Morgan fingerprint density at radius 2 is 2.00 bits per heavy atom. The Bertz CT molecular complexity index is 471. The predicted molar refractivity (Wildman–Crippen MR) is 83.6 cm³/mol. The lowest BCUT2D eigenvalue weighted by molar-refractivity contribution is 0.0205. The van der Waals surface area contributed by atoms with Crippen LogP contribution in [0.15, 0.2) is 18.3 Å². The molecule has 0 radical (unpaired) electrons. The highest BCUT2D eigenvalue weighted by Crippen LogP contribution is 2.28. The van der Waals surface area contributed by atoms with Gasteiger partial charge in [-0.15, -0.1) is 0 Å². The summed E-state index contributed by atoms with van der Waals surface area (Å²) in [6, 6.07) is 4.11. The third kappa shape index (κ3) is 4.34. The number of amides is 1. The molecule has 1 aromatic heterocycles. The third-order valence-corrected chi connectivity index (χ3v) is 3.66. The third-order valence-electron chi connectivity index (χ3n) is 3.66. The number of likely N-dealkylation sites (tertiary alicyclic amines) is 1. The van der Waals surface area contributed by atoms with Gasteiger partial charge in [-0.1, -0.05) is 6.07 Å². The van der Waals surface area contributed by atoms with Crippen LogP contribution in [0.2, 0.25) is 0 Å². The molecule has 1 aromatic rings. The summed E-state index contributed by atoms with van der Waals surface area (Å²) in [5, 5.41) is 3.02. The van der Waals surface area contributed by atoms with Gasteiger partial charge in [-0.2, -0.15) is 0 Å². The van der Waals surface area contributed by atoms with E-state index in [0.29, 0.717) is 5.92 Å². The van der Waals surface area contributed by atoms with Gasteiger partial charge in [-0.25, -0.2) is 9.78 Å². The van der Waals surface area contributed by atoms with Gasteiger partial charge in [0.1, 0.15) is 11.4 Å². The molecular formula is C16H25N3O2. The van der Waals surface area contributed by atoms with Gasteiger partial charge in [0.25, 0.3) is 0 Å². The van der Waals surface area contributed by atoms with Crippen LogP contribution in [0.3, 0.4) is 0 Å². The SMILES string of the molecule is CNc1ccc(C2CCN(C(=O)OC(C)(C)C)CC2)cn1. The topological polar surface area (TPSA) is 54.5 Å². The maximum Gasteiger partial charge on any atom is 0.410 e. The normalized spacial score (nSPS) is 16.7. The Labute approximate surface area is 126 Å². The maximum absolute atomic E-state index is 12.0. The van der Waals surface area contributed by atoms with Crippen molar-refractivity contribution in [1.82, 2.24) is 9.88 Å². The van der Waals surface area contributed by atoms with Crippen LogP contribution < -0.4 is 5.32 Å². The Hall–Kier alpha value is -1.78. The summed E-state index contributed by atoms with van der Waals surface area (Å²) in [5.74, 6) is 1.35. The van der Waals surface area contributed by atoms with Gasteiger partial charge in [0, 0.05) is 26.3 Å². The van der Waals surface area contributed by atoms with Crippen LogP contribution in [0.1, 0.15) is 45.1 Å². The van der Waals surface area contributed by atoms with Crippen molar-refractivity contribution in [3.8, 4) is 0 Å². The molecule has 21 heavy (non-hydrogen) atoms. The monoisotopic (exact) mass is 291 g/mol. The van der Waals surface area contributed by atoms with Crippen molar-refractivity contribution in [1.29, 1.82) is 0 Å². The summed E-state index contributed by atoms with van der Waals surface area (Å²) in [4.78, 5) is 18.2. The first kappa shape index (κ1) is 15.6. The Kier molecular flexibility index (Phi) is 4.70. The molecule has 5 heteroatoms. The van der Waals surface area contributed by atoms with Crippen molar-refractivity contribution in [2.45, 2.75) is 45.1 Å². The van der Waals surface area contributed by atoms with E-state index in [1.807, 2.05) is 40.1 Å². The highest BCUT2D eigenvalue weighted by molar-refractivity contribution is 5.68. The average Bonchev–Trinajstić information content (AvgIpc) is 2.46. The Balaban J connectivity index is 1.89. The van der Waals surface area contributed by atoms with Crippen LogP contribution in [-0.2, 0) is 4.74 Å². The van der Waals surface area contributed by atoms with E-state index in [4.69, 9.17) is 4.74 Å². The van der Waals surface area contributed by atoms with Gasteiger partial charge < -0.3 is 15.0 Å². The van der Waals surface area contributed by atoms with Crippen molar-refractivity contribution >= 4 is 11.9 Å². The zero-order valence-electron chi connectivity index (χ0n) is 13.3. The maximum atomic E-state index is 12.0. The van der Waals surface area contributed by atoms with E-state index in [1.54, 1.807) is 4.90 Å². The zero-order valence-corrected chi connectivity index (χ0v) is 13.3. The van der Waals surface area contributed by atoms with E-state index in [1.165, 1.54) is 5.56 Å². The summed E-state index contributed by atoms with van der Waals surface area (Å²) < 4.78 is 5.41. The fourth-order valence-electron chi connectivity index (χ4n) is 2.52. The lowest BCUT2D eigenvalue weighted by Gasteiger charge is -2.33. The number of hydrogen-bond acceptors (Lipinski definition) is 4. The molecule has 1 fully saturated rings. The number of carbonyl (C=O) groups is 1. The lowest BCUT2D eigenvalue weighted by atomic mass is 9.90. The van der Waals surface area contributed by atoms with Crippen molar-refractivity contribution in [2.75, 3.05) is 25.5 Å². The molecule has 1 N–H and O–H groups in total. The first-order chi connectivity index (χ1) is 9.89. The van der Waals surface area contributed by atoms with Gasteiger partial charge in [-0.3, -0.25) is 0 Å². The highest BCUT2D eigenvalue weighted by Gasteiger charge is 2.27. The summed E-state index contributed by atoms with van der Waals surface area (Å²) in [6.07, 6.45) is 3.64. The first-order valence-corrected chi connectivity index (χ1v) is 7.50. The second kappa shape index (κ2) is 6.33. The van der Waals surface area contributed by atoms with Crippen LogP contribution in [0.5, 0.6) is 0 Å². The molecule has 116 valence electrons. The molecule has 1 saturated heterocycles. The second-order valence-electron chi connectivity index (χ2n) is 6.47. The summed E-state index contributed by atoms with van der Waals surface area (Å²) >= 11 is 0. The Morgan fingerprint density at radius 3 is 2.48 bits per heavy atom. The van der Waals surface area contributed by atoms with Crippen LogP contribution in [-0.4, -0.2) is 41.7 Å². The predicted octanol–water partition coefficient (Wildman–Crippen LogP) is 3.24. The van der Waals surface area contributed by atoms with Crippen LogP contribution in [0.25, 0.3) is 0 Å². The molecule has 0 saturated carbocycles. The molecule has 0 aromatic carbocycles. The van der Waals surface area contributed by atoms with Crippen molar-refractivity contribution in [3.05, 3.63) is 23.9 Å². The minimum absolute atomic E-state index is 0.204. The van der Waals surface area contributed by atoms with Crippen molar-refractivity contribution < 1.29 is 9.53 Å². The fraction of sp³-hybridized carbons (Fsp3) is 0.625. The van der Waals surface area contributed by atoms with E-state index >= 15 is 0 Å².